The smallest absolute Gasteiger partial charge is 0.244 e. The summed E-state index contributed by atoms with van der Waals surface area (Å²) in [5.41, 5.74) is 0. The zero-order valence-electron chi connectivity index (χ0n) is 12.2. The molecule has 1 amide bonds. The Kier molecular flexibility index (Phi) is 5.21. The Hall–Kier alpha value is -1.02. The fourth-order valence-corrected chi connectivity index (χ4v) is 4.49. The van der Waals surface area contributed by atoms with Crippen molar-refractivity contribution in [2.24, 2.45) is 0 Å². The number of benzene rings is 1. The van der Waals surface area contributed by atoms with Crippen molar-refractivity contribution in [3.05, 3.63) is 22.2 Å². The van der Waals surface area contributed by atoms with Crippen LogP contribution >= 0.6 is 23.2 Å². The number of halogens is 2. The topological polar surface area (TPSA) is 66.9 Å². The van der Waals surface area contributed by atoms with E-state index in [1.54, 1.807) is 4.90 Å². The molecule has 1 saturated heterocycles. The molecule has 1 aromatic carbocycles. The maximum Gasteiger partial charge on any atom is 0.244 e. The van der Waals surface area contributed by atoms with Crippen LogP contribution in [-0.4, -0.2) is 56.8 Å². The SMILES string of the molecule is COc1cc(Cl)c(S(=O)(=O)N2CCN(C(C)=O)CC2)cc1Cl. The van der Waals surface area contributed by atoms with Crippen molar-refractivity contribution < 1.29 is 17.9 Å². The molecule has 1 fully saturated rings. The van der Waals surface area contributed by atoms with E-state index < -0.39 is 10.0 Å². The molecule has 1 aromatic rings. The number of piperazine rings is 1. The van der Waals surface area contributed by atoms with Gasteiger partial charge >= 0.3 is 0 Å². The predicted molar refractivity (Wildman–Crippen MR) is 84.0 cm³/mol. The summed E-state index contributed by atoms with van der Waals surface area (Å²) in [6.07, 6.45) is 0. The lowest BCUT2D eigenvalue weighted by molar-refractivity contribution is -0.129. The van der Waals surface area contributed by atoms with Gasteiger partial charge in [-0.15, -0.1) is 0 Å². The monoisotopic (exact) mass is 366 g/mol. The molecule has 0 spiro atoms. The van der Waals surface area contributed by atoms with Crippen molar-refractivity contribution in [2.45, 2.75) is 11.8 Å². The van der Waals surface area contributed by atoms with Crippen molar-refractivity contribution in [3.8, 4) is 5.75 Å². The maximum atomic E-state index is 12.7. The van der Waals surface area contributed by atoms with Gasteiger partial charge in [-0.05, 0) is 6.07 Å². The van der Waals surface area contributed by atoms with Gasteiger partial charge in [0.25, 0.3) is 0 Å². The first-order chi connectivity index (χ1) is 10.3. The molecule has 0 saturated carbocycles. The summed E-state index contributed by atoms with van der Waals surface area (Å²) in [7, 11) is -2.34. The van der Waals surface area contributed by atoms with Crippen molar-refractivity contribution in [3.63, 3.8) is 0 Å². The van der Waals surface area contributed by atoms with Gasteiger partial charge in [0.2, 0.25) is 15.9 Å². The quantitative estimate of drug-likeness (QED) is 0.818. The summed E-state index contributed by atoms with van der Waals surface area (Å²) < 4.78 is 31.7. The molecule has 0 bridgehead atoms. The van der Waals surface area contributed by atoms with Crippen LogP contribution in [0, 0.1) is 0 Å². The zero-order chi connectivity index (χ0) is 16.5. The highest BCUT2D eigenvalue weighted by Gasteiger charge is 2.31. The van der Waals surface area contributed by atoms with Crippen LogP contribution in [0.5, 0.6) is 5.75 Å². The molecule has 0 unspecified atom stereocenters. The van der Waals surface area contributed by atoms with E-state index in [0.29, 0.717) is 18.8 Å². The number of rotatable bonds is 3. The van der Waals surface area contributed by atoms with Gasteiger partial charge in [0.1, 0.15) is 10.6 Å². The normalized spacial score (nSPS) is 16.6. The van der Waals surface area contributed by atoms with E-state index in [0.717, 1.165) is 0 Å². The standard InChI is InChI=1S/C13H16Cl2N2O4S/c1-9(18)16-3-5-17(6-4-16)22(19,20)13-8-10(14)12(21-2)7-11(13)15/h7-8H,3-6H2,1-2H3. The number of carbonyl (C=O) groups is 1. The molecule has 6 nitrogen and oxygen atoms in total. The Morgan fingerprint density at radius 3 is 2.23 bits per heavy atom. The van der Waals surface area contributed by atoms with Gasteiger partial charge in [0, 0.05) is 39.2 Å². The van der Waals surface area contributed by atoms with E-state index >= 15 is 0 Å². The minimum atomic E-state index is -3.77. The molecule has 2 rings (SSSR count). The van der Waals surface area contributed by atoms with Gasteiger partial charge in [-0.2, -0.15) is 4.31 Å². The van der Waals surface area contributed by atoms with Crippen LogP contribution in [0.1, 0.15) is 6.92 Å². The Morgan fingerprint density at radius 2 is 1.73 bits per heavy atom. The number of carbonyl (C=O) groups excluding carboxylic acids is 1. The number of ether oxygens (including phenoxy) is 1. The number of hydrogen-bond donors (Lipinski definition) is 0. The van der Waals surface area contributed by atoms with E-state index in [2.05, 4.69) is 0 Å². The van der Waals surface area contributed by atoms with Gasteiger partial charge in [-0.25, -0.2) is 8.42 Å². The molecule has 0 aromatic heterocycles. The van der Waals surface area contributed by atoms with E-state index in [9.17, 15) is 13.2 Å². The van der Waals surface area contributed by atoms with Crippen LogP contribution in [0.25, 0.3) is 0 Å². The number of amides is 1. The van der Waals surface area contributed by atoms with Crippen molar-refractivity contribution in [1.29, 1.82) is 0 Å². The largest absolute Gasteiger partial charge is 0.495 e. The summed E-state index contributed by atoms with van der Waals surface area (Å²) in [5.74, 6) is 0.245. The van der Waals surface area contributed by atoms with E-state index in [1.165, 1.54) is 30.5 Å². The van der Waals surface area contributed by atoms with Gasteiger partial charge in [0.15, 0.2) is 0 Å². The van der Waals surface area contributed by atoms with Crippen LogP contribution in [0.3, 0.4) is 0 Å². The average Bonchev–Trinajstić information content (AvgIpc) is 2.49. The first kappa shape index (κ1) is 17.3. The number of methoxy groups -OCH3 is 1. The third-order valence-electron chi connectivity index (χ3n) is 3.51. The van der Waals surface area contributed by atoms with Gasteiger partial charge in [0.05, 0.1) is 17.2 Å². The van der Waals surface area contributed by atoms with Gasteiger partial charge in [-0.3, -0.25) is 4.79 Å². The third-order valence-corrected chi connectivity index (χ3v) is 6.17. The lowest BCUT2D eigenvalue weighted by atomic mass is 10.3. The van der Waals surface area contributed by atoms with E-state index in [1.807, 2.05) is 0 Å². The summed E-state index contributed by atoms with van der Waals surface area (Å²) in [6, 6.07) is 2.66. The first-order valence-electron chi connectivity index (χ1n) is 6.56. The minimum Gasteiger partial charge on any atom is -0.495 e. The fraction of sp³-hybridized carbons (Fsp3) is 0.462. The van der Waals surface area contributed by atoms with Crippen LogP contribution < -0.4 is 4.74 Å². The third kappa shape index (κ3) is 3.32. The van der Waals surface area contributed by atoms with Crippen LogP contribution in [0.15, 0.2) is 17.0 Å². The summed E-state index contributed by atoms with van der Waals surface area (Å²) in [4.78, 5) is 12.8. The molecule has 1 heterocycles. The van der Waals surface area contributed by atoms with Crippen molar-refractivity contribution >= 4 is 39.1 Å². The predicted octanol–water partition coefficient (Wildman–Crippen LogP) is 1.85. The van der Waals surface area contributed by atoms with Crippen LogP contribution in [-0.2, 0) is 14.8 Å². The fourth-order valence-electron chi connectivity index (χ4n) is 2.25. The molecule has 0 N–H and O–H groups in total. The highest BCUT2D eigenvalue weighted by atomic mass is 35.5. The van der Waals surface area contributed by atoms with Crippen molar-refractivity contribution in [1.82, 2.24) is 9.21 Å². The lowest BCUT2D eigenvalue weighted by Gasteiger charge is -2.33. The summed E-state index contributed by atoms with van der Waals surface area (Å²) in [6.45, 7) is 2.63. The molecular weight excluding hydrogens is 351 g/mol. The maximum absolute atomic E-state index is 12.7. The minimum absolute atomic E-state index is 0.0512. The Labute approximate surface area is 139 Å². The second-order valence-corrected chi connectivity index (χ2v) is 7.55. The highest BCUT2D eigenvalue weighted by Crippen LogP contribution is 2.34. The Morgan fingerprint density at radius 1 is 1.14 bits per heavy atom. The van der Waals surface area contributed by atoms with Crippen LogP contribution in [0.2, 0.25) is 10.0 Å². The highest BCUT2D eigenvalue weighted by molar-refractivity contribution is 7.89. The molecular formula is C13H16Cl2N2O4S. The van der Waals surface area contributed by atoms with Gasteiger partial charge in [-0.1, -0.05) is 23.2 Å². The van der Waals surface area contributed by atoms with E-state index in [4.69, 9.17) is 27.9 Å². The molecule has 1 aliphatic heterocycles. The lowest BCUT2D eigenvalue weighted by Crippen LogP contribution is -2.49. The second-order valence-electron chi connectivity index (χ2n) is 4.83. The Balaban J connectivity index is 2.28. The number of sulfonamides is 1. The molecule has 9 heteroatoms. The molecule has 0 aliphatic carbocycles. The van der Waals surface area contributed by atoms with Crippen molar-refractivity contribution in [2.75, 3.05) is 33.3 Å². The second kappa shape index (κ2) is 6.62. The zero-order valence-corrected chi connectivity index (χ0v) is 14.5. The van der Waals surface area contributed by atoms with Gasteiger partial charge < -0.3 is 9.64 Å². The van der Waals surface area contributed by atoms with E-state index in [-0.39, 0.29) is 33.9 Å². The number of nitrogens with zero attached hydrogens (tertiary/aromatic N) is 2. The molecule has 1 aliphatic rings. The molecule has 0 radical (unpaired) electrons. The summed E-state index contributed by atoms with van der Waals surface area (Å²) in [5, 5.41) is 0.225. The first-order valence-corrected chi connectivity index (χ1v) is 8.75. The molecule has 0 atom stereocenters. The number of hydrogen-bond acceptors (Lipinski definition) is 4. The molecule has 122 valence electrons. The summed E-state index contributed by atoms with van der Waals surface area (Å²) >= 11 is 12.0. The molecule has 22 heavy (non-hydrogen) atoms. The Bertz CT molecular complexity index is 686. The van der Waals surface area contributed by atoms with Crippen LogP contribution in [0.4, 0.5) is 0 Å². The average molecular weight is 367 g/mol.